The highest BCUT2D eigenvalue weighted by molar-refractivity contribution is 7.92. The van der Waals surface area contributed by atoms with Crippen LogP contribution in [0.1, 0.15) is 29.2 Å². The van der Waals surface area contributed by atoms with Crippen LogP contribution >= 0.6 is 0 Å². The summed E-state index contributed by atoms with van der Waals surface area (Å²) in [5.74, 6) is 0.846. The SMILES string of the molecule is C/C(=C1/c2ccccc2COc2ccccc21)c1cccc(NS(C)(=O)=O)c1. The molecule has 0 spiro atoms. The second-order valence-electron chi connectivity index (χ2n) is 6.90. The lowest BCUT2D eigenvalue weighted by Crippen LogP contribution is -2.09. The topological polar surface area (TPSA) is 55.4 Å². The Morgan fingerprint density at radius 3 is 2.43 bits per heavy atom. The Hall–Kier alpha value is -3.05. The first-order valence-electron chi connectivity index (χ1n) is 9.02. The van der Waals surface area contributed by atoms with Crippen LogP contribution in [0.4, 0.5) is 5.69 Å². The summed E-state index contributed by atoms with van der Waals surface area (Å²) in [5, 5.41) is 0. The van der Waals surface area contributed by atoms with Crippen molar-refractivity contribution < 1.29 is 13.2 Å². The van der Waals surface area contributed by atoms with Gasteiger partial charge in [0.2, 0.25) is 10.0 Å². The lowest BCUT2D eigenvalue weighted by Gasteiger charge is -2.16. The first-order valence-corrected chi connectivity index (χ1v) is 10.9. The van der Waals surface area contributed by atoms with Gasteiger partial charge in [-0.15, -0.1) is 0 Å². The molecule has 3 aromatic carbocycles. The van der Waals surface area contributed by atoms with Crippen LogP contribution in [-0.2, 0) is 16.6 Å². The summed E-state index contributed by atoms with van der Waals surface area (Å²) in [6.07, 6.45) is 1.15. The fraction of sp³-hybridized carbons (Fsp3) is 0.130. The highest BCUT2D eigenvalue weighted by Crippen LogP contribution is 2.41. The van der Waals surface area contributed by atoms with E-state index in [9.17, 15) is 8.42 Å². The van der Waals surface area contributed by atoms with Gasteiger partial charge in [0.15, 0.2) is 0 Å². The number of benzene rings is 3. The van der Waals surface area contributed by atoms with Gasteiger partial charge >= 0.3 is 0 Å². The zero-order valence-corrected chi connectivity index (χ0v) is 16.6. The van der Waals surface area contributed by atoms with Crippen LogP contribution in [0.5, 0.6) is 5.75 Å². The third-order valence-corrected chi connectivity index (χ3v) is 5.41. The number of ether oxygens (including phenoxy) is 1. The molecule has 0 bridgehead atoms. The van der Waals surface area contributed by atoms with E-state index < -0.39 is 10.0 Å². The van der Waals surface area contributed by atoms with Crippen LogP contribution in [-0.4, -0.2) is 14.7 Å². The second-order valence-corrected chi connectivity index (χ2v) is 8.65. The summed E-state index contributed by atoms with van der Waals surface area (Å²) >= 11 is 0. The van der Waals surface area contributed by atoms with Gasteiger partial charge in [0.25, 0.3) is 0 Å². The molecule has 0 unspecified atom stereocenters. The molecule has 0 atom stereocenters. The summed E-state index contributed by atoms with van der Waals surface area (Å²) in [5.41, 5.74) is 6.95. The number of hydrogen-bond donors (Lipinski definition) is 1. The Morgan fingerprint density at radius 2 is 1.64 bits per heavy atom. The second kappa shape index (κ2) is 7.17. The molecule has 1 heterocycles. The van der Waals surface area contributed by atoms with Crippen molar-refractivity contribution in [2.24, 2.45) is 0 Å². The molecular formula is C23H21NO3S. The van der Waals surface area contributed by atoms with Gasteiger partial charge in [0, 0.05) is 11.3 Å². The summed E-state index contributed by atoms with van der Waals surface area (Å²) in [6.45, 7) is 2.58. The van der Waals surface area contributed by atoms with Gasteiger partial charge in [0.05, 0.1) is 6.26 Å². The summed E-state index contributed by atoms with van der Waals surface area (Å²) in [7, 11) is -3.33. The highest BCUT2D eigenvalue weighted by Gasteiger charge is 2.21. The van der Waals surface area contributed by atoms with E-state index in [1.54, 1.807) is 6.07 Å². The molecule has 1 N–H and O–H groups in total. The van der Waals surface area contributed by atoms with Gasteiger partial charge in [-0.1, -0.05) is 54.6 Å². The molecule has 0 amide bonds. The minimum Gasteiger partial charge on any atom is -0.488 e. The number of allylic oxidation sites excluding steroid dienone is 1. The van der Waals surface area contributed by atoms with Gasteiger partial charge in [0.1, 0.15) is 12.4 Å². The Morgan fingerprint density at radius 1 is 0.929 bits per heavy atom. The number of hydrogen-bond acceptors (Lipinski definition) is 3. The third-order valence-electron chi connectivity index (χ3n) is 4.80. The van der Waals surface area contributed by atoms with E-state index in [0.717, 1.165) is 45.4 Å². The van der Waals surface area contributed by atoms with Crippen molar-refractivity contribution in [2.45, 2.75) is 13.5 Å². The lowest BCUT2D eigenvalue weighted by atomic mass is 9.88. The van der Waals surface area contributed by atoms with E-state index in [0.29, 0.717) is 12.3 Å². The quantitative estimate of drug-likeness (QED) is 0.689. The molecule has 0 aliphatic carbocycles. The molecule has 4 rings (SSSR count). The van der Waals surface area contributed by atoms with E-state index in [-0.39, 0.29) is 0 Å². The van der Waals surface area contributed by atoms with Crippen molar-refractivity contribution >= 4 is 26.9 Å². The normalized spacial score (nSPS) is 14.9. The average Bonchev–Trinajstić information content (AvgIpc) is 2.83. The van der Waals surface area contributed by atoms with E-state index in [2.05, 4.69) is 29.8 Å². The highest BCUT2D eigenvalue weighted by atomic mass is 32.2. The number of nitrogens with one attached hydrogen (secondary N) is 1. The molecule has 0 aromatic heterocycles. The zero-order chi connectivity index (χ0) is 19.7. The van der Waals surface area contributed by atoms with Gasteiger partial charge in [-0.25, -0.2) is 8.42 Å². The van der Waals surface area contributed by atoms with Gasteiger partial charge in [-0.05, 0) is 53.0 Å². The molecule has 28 heavy (non-hydrogen) atoms. The predicted molar refractivity (Wildman–Crippen MR) is 114 cm³/mol. The number of fused-ring (bicyclic) bond motifs is 2. The molecule has 4 nitrogen and oxygen atoms in total. The van der Waals surface area contributed by atoms with Crippen molar-refractivity contribution in [1.82, 2.24) is 0 Å². The lowest BCUT2D eigenvalue weighted by molar-refractivity contribution is 0.307. The van der Waals surface area contributed by atoms with E-state index in [1.807, 2.05) is 48.5 Å². The maximum Gasteiger partial charge on any atom is 0.229 e. The Labute approximate surface area is 165 Å². The van der Waals surface area contributed by atoms with Crippen LogP contribution in [0.2, 0.25) is 0 Å². The molecule has 1 aliphatic rings. The Balaban J connectivity index is 1.94. The Kier molecular flexibility index (Phi) is 4.69. The van der Waals surface area contributed by atoms with Gasteiger partial charge < -0.3 is 4.74 Å². The van der Waals surface area contributed by atoms with Crippen LogP contribution in [0.25, 0.3) is 11.1 Å². The van der Waals surface area contributed by atoms with Crippen LogP contribution in [0, 0.1) is 0 Å². The number of rotatable bonds is 3. The maximum atomic E-state index is 11.6. The summed E-state index contributed by atoms with van der Waals surface area (Å²) < 4.78 is 31.8. The molecule has 3 aromatic rings. The minimum atomic E-state index is -3.33. The fourth-order valence-corrected chi connectivity index (χ4v) is 4.12. The smallest absolute Gasteiger partial charge is 0.229 e. The molecule has 1 aliphatic heterocycles. The zero-order valence-electron chi connectivity index (χ0n) is 15.8. The predicted octanol–water partition coefficient (Wildman–Crippen LogP) is 4.93. The largest absolute Gasteiger partial charge is 0.488 e. The minimum absolute atomic E-state index is 0.514. The van der Waals surface area contributed by atoms with Crippen LogP contribution in [0.3, 0.4) is 0 Å². The van der Waals surface area contributed by atoms with E-state index in [1.165, 1.54) is 0 Å². The van der Waals surface area contributed by atoms with Gasteiger partial charge in [-0.2, -0.15) is 0 Å². The maximum absolute atomic E-state index is 11.6. The first kappa shape index (κ1) is 18.3. The molecule has 0 saturated heterocycles. The van der Waals surface area contributed by atoms with Crippen molar-refractivity contribution in [2.75, 3.05) is 11.0 Å². The van der Waals surface area contributed by atoms with Crippen molar-refractivity contribution in [3.63, 3.8) is 0 Å². The third kappa shape index (κ3) is 3.66. The monoisotopic (exact) mass is 391 g/mol. The average molecular weight is 391 g/mol. The van der Waals surface area contributed by atoms with E-state index >= 15 is 0 Å². The number of para-hydroxylation sites is 1. The standard InChI is InChI=1S/C23H21NO3S/c1-16(17-9-7-10-19(14-17)24-28(2,25)26)23-20-11-4-3-8-18(20)15-27-22-13-6-5-12-21(22)23/h3-14,24H,15H2,1-2H3/b23-16+. The molecule has 0 radical (unpaired) electrons. The summed E-state index contributed by atoms with van der Waals surface area (Å²) in [4.78, 5) is 0. The van der Waals surface area contributed by atoms with Crippen molar-refractivity contribution in [3.05, 3.63) is 95.1 Å². The molecule has 142 valence electrons. The van der Waals surface area contributed by atoms with Crippen LogP contribution < -0.4 is 9.46 Å². The molecule has 0 fully saturated rings. The molecular weight excluding hydrogens is 370 g/mol. The fourth-order valence-electron chi connectivity index (χ4n) is 3.57. The first-order chi connectivity index (χ1) is 13.4. The van der Waals surface area contributed by atoms with Crippen molar-refractivity contribution in [1.29, 1.82) is 0 Å². The molecule has 5 heteroatoms. The molecule has 0 saturated carbocycles. The Bertz CT molecular complexity index is 1130. The van der Waals surface area contributed by atoms with Crippen LogP contribution in [0.15, 0.2) is 72.8 Å². The van der Waals surface area contributed by atoms with Crippen molar-refractivity contribution in [3.8, 4) is 5.75 Å². The van der Waals surface area contributed by atoms with E-state index in [4.69, 9.17) is 4.74 Å². The summed E-state index contributed by atoms with van der Waals surface area (Å²) in [6, 6.07) is 23.7. The number of anilines is 1. The number of sulfonamides is 1. The van der Waals surface area contributed by atoms with Gasteiger partial charge in [-0.3, -0.25) is 4.72 Å².